The summed E-state index contributed by atoms with van der Waals surface area (Å²) >= 11 is 3.33. The maximum atomic E-state index is 11.8. The van der Waals surface area contributed by atoms with E-state index < -0.39 is 0 Å². The van der Waals surface area contributed by atoms with Crippen LogP contribution in [-0.2, 0) is 4.79 Å². The zero-order valence-electron chi connectivity index (χ0n) is 12.0. The number of phenolic OH excluding ortho intramolecular Hbond substituents is 1. The van der Waals surface area contributed by atoms with E-state index in [0.29, 0.717) is 11.3 Å². The molecule has 0 fully saturated rings. The lowest BCUT2D eigenvalue weighted by molar-refractivity contribution is -0.119. The van der Waals surface area contributed by atoms with Crippen LogP contribution in [0.25, 0.3) is 0 Å². The molecule has 114 valence electrons. The minimum Gasteiger partial charge on any atom is -0.507 e. The first-order valence-electron chi connectivity index (χ1n) is 6.67. The number of anilines is 1. The molecule has 0 unspecified atom stereocenters. The number of benzene rings is 2. The number of hydrogen-bond donors (Lipinski definition) is 3. The number of hydrazone groups is 1. The van der Waals surface area contributed by atoms with Crippen LogP contribution in [0.5, 0.6) is 5.75 Å². The van der Waals surface area contributed by atoms with Crippen LogP contribution >= 0.6 is 15.9 Å². The average Bonchev–Trinajstić information content (AvgIpc) is 2.54. The predicted molar refractivity (Wildman–Crippen MR) is 91.1 cm³/mol. The highest BCUT2D eigenvalue weighted by Crippen LogP contribution is 2.22. The van der Waals surface area contributed by atoms with Gasteiger partial charge in [0.05, 0.1) is 12.3 Å². The van der Waals surface area contributed by atoms with Crippen molar-refractivity contribution in [3.8, 4) is 5.75 Å². The fourth-order valence-corrected chi connectivity index (χ4v) is 2.14. The molecule has 2 rings (SSSR count). The molecule has 2 aromatic carbocycles. The van der Waals surface area contributed by atoms with Gasteiger partial charge in [-0.1, -0.05) is 34.1 Å². The zero-order valence-corrected chi connectivity index (χ0v) is 13.6. The molecular formula is C16H16BrN3O2. The number of carbonyl (C=O) groups excluding carboxylic acids is 1. The molecule has 6 heteroatoms. The van der Waals surface area contributed by atoms with E-state index in [2.05, 4.69) is 31.8 Å². The van der Waals surface area contributed by atoms with Crippen LogP contribution in [-0.4, -0.2) is 23.3 Å². The summed E-state index contributed by atoms with van der Waals surface area (Å²) in [4.78, 5) is 11.8. The maximum Gasteiger partial charge on any atom is 0.259 e. The molecule has 0 atom stereocenters. The highest BCUT2D eigenvalue weighted by atomic mass is 79.9. The molecule has 0 spiro atoms. The smallest absolute Gasteiger partial charge is 0.259 e. The van der Waals surface area contributed by atoms with Crippen LogP contribution in [0, 0.1) is 0 Å². The summed E-state index contributed by atoms with van der Waals surface area (Å²) in [5, 5.41) is 16.8. The first-order chi connectivity index (χ1) is 10.6. The molecule has 0 saturated heterocycles. The van der Waals surface area contributed by atoms with Gasteiger partial charge in [-0.15, -0.1) is 0 Å². The quantitative estimate of drug-likeness (QED) is 0.565. The largest absolute Gasteiger partial charge is 0.507 e. The molecule has 0 saturated carbocycles. The van der Waals surface area contributed by atoms with Crippen molar-refractivity contribution in [2.24, 2.45) is 5.10 Å². The van der Waals surface area contributed by atoms with E-state index in [1.54, 1.807) is 25.1 Å². The highest BCUT2D eigenvalue weighted by Gasteiger charge is 2.06. The summed E-state index contributed by atoms with van der Waals surface area (Å²) in [7, 11) is 0. The van der Waals surface area contributed by atoms with Gasteiger partial charge < -0.3 is 10.4 Å². The minimum absolute atomic E-state index is 0.112. The van der Waals surface area contributed by atoms with Gasteiger partial charge in [0.1, 0.15) is 5.75 Å². The average molecular weight is 362 g/mol. The molecule has 0 radical (unpaired) electrons. The van der Waals surface area contributed by atoms with Gasteiger partial charge in [-0.3, -0.25) is 4.79 Å². The third-order valence-corrected chi connectivity index (χ3v) is 3.42. The Balaban J connectivity index is 1.93. The van der Waals surface area contributed by atoms with Crippen molar-refractivity contribution in [1.29, 1.82) is 0 Å². The predicted octanol–water partition coefficient (Wildman–Crippen LogP) is 3.11. The van der Waals surface area contributed by atoms with Crippen LogP contribution in [0.2, 0.25) is 0 Å². The summed E-state index contributed by atoms with van der Waals surface area (Å²) in [5.74, 6) is -0.154. The lowest BCUT2D eigenvalue weighted by Gasteiger charge is -2.07. The van der Waals surface area contributed by atoms with E-state index in [1.165, 1.54) is 0 Å². The van der Waals surface area contributed by atoms with Crippen molar-refractivity contribution in [3.63, 3.8) is 0 Å². The van der Waals surface area contributed by atoms with Crippen molar-refractivity contribution in [3.05, 3.63) is 58.6 Å². The molecule has 0 bridgehead atoms. The van der Waals surface area contributed by atoms with Gasteiger partial charge in [-0.2, -0.15) is 5.10 Å². The Morgan fingerprint density at radius 3 is 2.68 bits per heavy atom. The van der Waals surface area contributed by atoms with E-state index in [9.17, 15) is 9.90 Å². The standard InChI is InChI=1S/C16H16BrN3O2/c1-11(14-9-12(17)7-8-15(14)21)19-20-16(22)10-18-13-5-3-2-4-6-13/h2-9,18,21H,10H2,1H3,(H,20,22)/b19-11+. The molecule has 3 N–H and O–H groups in total. The summed E-state index contributed by atoms with van der Waals surface area (Å²) in [6, 6.07) is 14.5. The second-order valence-electron chi connectivity index (χ2n) is 4.61. The van der Waals surface area contributed by atoms with Gasteiger partial charge >= 0.3 is 0 Å². The number of halogens is 1. The third kappa shape index (κ3) is 4.60. The summed E-state index contributed by atoms with van der Waals surface area (Å²) in [6.07, 6.45) is 0. The summed E-state index contributed by atoms with van der Waals surface area (Å²) < 4.78 is 0.826. The number of rotatable bonds is 5. The van der Waals surface area contributed by atoms with Gasteiger partial charge in [-0.05, 0) is 37.3 Å². The monoisotopic (exact) mass is 361 g/mol. The van der Waals surface area contributed by atoms with Crippen LogP contribution in [0.4, 0.5) is 5.69 Å². The molecule has 22 heavy (non-hydrogen) atoms. The first-order valence-corrected chi connectivity index (χ1v) is 7.46. The molecule has 0 aliphatic carbocycles. The second-order valence-corrected chi connectivity index (χ2v) is 5.53. The van der Waals surface area contributed by atoms with Crippen LogP contribution < -0.4 is 10.7 Å². The topological polar surface area (TPSA) is 73.7 Å². The minimum atomic E-state index is -0.266. The molecule has 2 aromatic rings. The lowest BCUT2D eigenvalue weighted by Crippen LogP contribution is -2.26. The number of phenols is 1. The van der Waals surface area contributed by atoms with E-state index in [4.69, 9.17) is 0 Å². The van der Waals surface area contributed by atoms with Crippen molar-refractivity contribution >= 4 is 33.2 Å². The number of carbonyl (C=O) groups is 1. The van der Waals surface area contributed by atoms with Crippen LogP contribution in [0.1, 0.15) is 12.5 Å². The highest BCUT2D eigenvalue weighted by molar-refractivity contribution is 9.10. The van der Waals surface area contributed by atoms with Gasteiger partial charge in [-0.25, -0.2) is 5.43 Å². The second kappa shape index (κ2) is 7.61. The van der Waals surface area contributed by atoms with Crippen LogP contribution in [0.15, 0.2) is 58.1 Å². The summed E-state index contributed by atoms with van der Waals surface area (Å²) in [5.41, 5.74) is 4.40. The number of para-hydroxylation sites is 1. The van der Waals surface area contributed by atoms with Crippen molar-refractivity contribution in [2.45, 2.75) is 6.92 Å². The molecule has 0 aromatic heterocycles. The van der Waals surface area contributed by atoms with Crippen molar-refractivity contribution < 1.29 is 9.90 Å². The maximum absolute atomic E-state index is 11.8. The zero-order chi connectivity index (χ0) is 15.9. The Hall–Kier alpha value is -2.34. The summed E-state index contributed by atoms with van der Waals surface area (Å²) in [6.45, 7) is 1.83. The van der Waals surface area contributed by atoms with Crippen LogP contribution in [0.3, 0.4) is 0 Å². The van der Waals surface area contributed by atoms with Gasteiger partial charge in [0.2, 0.25) is 0 Å². The Morgan fingerprint density at radius 1 is 1.23 bits per heavy atom. The Kier molecular flexibility index (Phi) is 5.55. The number of amides is 1. The fraction of sp³-hybridized carbons (Fsp3) is 0.125. The van der Waals surface area contributed by atoms with Gasteiger partial charge in [0.25, 0.3) is 5.91 Å². The van der Waals surface area contributed by atoms with E-state index in [0.717, 1.165) is 10.2 Å². The number of hydrogen-bond acceptors (Lipinski definition) is 4. The number of nitrogens with zero attached hydrogens (tertiary/aromatic N) is 1. The molecule has 5 nitrogen and oxygen atoms in total. The molecular weight excluding hydrogens is 346 g/mol. The fourth-order valence-electron chi connectivity index (χ4n) is 1.78. The van der Waals surface area contributed by atoms with Crippen molar-refractivity contribution in [1.82, 2.24) is 5.43 Å². The van der Waals surface area contributed by atoms with E-state index in [1.807, 2.05) is 30.3 Å². The molecule has 0 heterocycles. The Morgan fingerprint density at radius 2 is 1.95 bits per heavy atom. The first kappa shape index (κ1) is 16.0. The lowest BCUT2D eigenvalue weighted by atomic mass is 10.1. The van der Waals surface area contributed by atoms with Crippen molar-refractivity contribution in [2.75, 3.05) is 11.9 Å². The normalized spacial score (nSPS) is 11.1. The third-order valence-electron chi connectivity index (χ3n) is 2.92. The van der Waals surface area contributed by atoms with E-state index >= 15 is 0 Å². The number of aromatic hydroxyl groups is 1. The SMILES string of the molecule is C/C(=N\NC(=O)CNc1ccccc1)c1cc(Br)ccc1O. The Bertz CT molecular complexity index is 687. The van der Waals surface area contributed by atoms with E-state index in [-0.39, 0.29) is 18.2 Å². The molecule has 0 aliphatic rings. The number of nitrogens with one attached hydrogen (secondary N) is 2. The Labute approximate surface area is 137 Å². The molecule has 1 amide bonds. The van der Waals surface area contributed by atoms with Gasteiger partial charge in [0.15, 0.2) is 0 Å². The molecule has 0 aliphatic heterocycles. The van der Waals surface area contributed by atoms with Gasteiger partial charge in [0, 0.05) is 15.7 Å².